The molecule has 1 atom stereocenters. The number of amides is 1. The van der Waals surface area contributed by atoms with Gasteiger partial charge in [0.2, 0.25) is 0 Å². The molecule has 0 bridgehead atoms. The summed E-state index contributed by atoms with van der Waals surface area (Å²) in [6, 6.07) is 3.68. The minimum absolute atomic E-state index is 0.0286. The largest absolute Gasteiger partial charge is 0.534 e. The molecule has 1 rings (SSSR count). The number of ketones is 1. The molecule has 1 aromatic carbocycles. The van der Waals surface area contributed by atoms with Gasteiger partial charge in [-0.3, -0.25) is 4.79 Å². The van der Waals surface area contributed by atoms with Gasteiger partial charge in [0.1, 0.15) is 11.4 Å². The van der Waals surface area contributed by atoms with Crippen LogP contribution in [0.15, 0.2) is 24.3 Å². The number of carbonyl (C=O) groups is 2. The molecule has 0 heterocycles. The first-order valence-electron chi connectivity index (χ1n) is 7.70. The second-order valence-corrected chi connectivity index (χ2v) is 8.18. The number of benzene rings is 1. The van der Waals surface area contributed by atoms with Crippen molar-refractivity contribution >= 4 is 22.0 Å². The maximum absolute atomic E-state index is 12.3. The van der Waals surface area contributed by atoms with Gasteiger partial charge in [0.15, 0.2) is 5.78 Å². The first kappa shape index (κ1) is 22.7. The molecule has 1 aromatic rings. The summed E-state index contributed by atoms with van der Waals surface area (Å²) in [4.78, 5) is 23.5. The van der Waals surface area contributed by atoms with E-state index in [-0.39, 0.29) is 12.2 Å². The molecule has 0 aliphatic rings. The van der Waals surface area contributed by atoms with Crippen LogP contribution in [-0.2, 0) is 26.1 Å². The van der Waals surface area contributed by atoms with Crippen molar-refractivity contribution in [1.29, 1.82) is 0 Å². The fourth-order valence-corrected chi connectivity index (χ4v) is 2.30. The second-order valence-electron chi connectivity index (χ2n) is 6.64. The molecule has 152 valence electrons. The van der Waals surface area contributed by atoms with Gasteiger partial charge in [0, 0.05) is 0 Å². The molecular weight excluding hydrogens is 391 g/mol. The molecular formula is C16H20F3NO6S. The average molecular weight is 411 g/mol. The van der Waals surface area contributed by atoms with Gasteiger partial charge in [-0.15, -0.1) is 0 Å². The van der Waals surface area contributed by atoms with Crippen LogP contribution in [0.3, 0.4) is 0 Å². The number of alkyl halides is 3. The number of ether oxygens (including phenoxy) is 1. The lowest BCUT2D eigenvalue weighted by Gasteiger charge is -2.22. The quantitative estimate of drug-likeness (QED) is 0.571. The lowest BCUT2D eigenvalue weighted by atomic mass is 10.0. The zero-order chi connectivity index (χ0) is 21.0. The van der Waals surface area contributed by atoms with Crippen molar-refractivity contribution in [3.63, 3.8) is 0 Å². The minimum Gasteiger partial charge on any atom is -0.444 e. The Morgan fingerprint density at radius 3 is 2.04 bits per heavy atom. The van der Waals surface area contributed by atoms with Crippen LogP contribution in [0.1, 0.15) is 33.3 Å². The van der Waals surface area contributed by atoms with Gasteiger partial charge in [-0.2, -0.15) is 21.6 Å². The van der Waals surface area contributed by atoms with Crippen molar-refractivity contribution in [2.24, 2.45) is 0 Å². The zero-order valence-electron chi connectivity index (χ0n) is 15.1. The Kier molecular flexibility index (Phi) is 6.87. The second kappa shape index (κ2) is 8.15. The van der Waals surface area contributed by atoms with Gasteiger partial charge in [0.05, 0.1) is 6.04 Å². The number of nitrogens with one attached hydrogen (secondary N) is 1. The van der Waals surface area contributed by atoms with Crippen LogP contribution in [0.5, 0.6) is 5.75 Å². The Labute approximate surface area is 155 Å². The lowest BCUT2D eigenvalue weighted by molar-refractivity contribution is -0.119. The molecule has 0 radical (unpaired) electrons. The van der Waals surface area contributed by atoms with Gasteiger partial charge in [-0.25, -0.2) is 4.79 Å². The van der Waals surface area contributed by atoms with E-state index in [1.54, 1.807) is 20.8 Å². The molecule has 0 saturated carbocycles. The van der Waals surface area contributed by atoms with E-state index in [9.17, 15) is 31.2 Å². The molecule has 7 nitrogen and oxygen atoms in total. The molecule has 11 heteroatoms. The summed E-state index contributed by atoms with van der Waals surface area (Å²) in [5, 5.41) is 2.41. The molecule has 27 heavy (non-hydrogen) atoms. The first-order chi connectivity index (χ1) is 12.1. The van der Waals surface area contributed by atoms with Gasteiger partial charge >= 0.3 is 21.7 Å². The molecule has 1 amide bonds. The summed E-state index contributed by atoms with van der Waals surface area (Å²) in [5.74, 6) is -0.892. The number of hydrogen-bond donors (Lipinski definition) is 1. The third-order valence-electron chi connectivity index (χ3n) is 3.03. The van der Waals surface area contributed by atoms with E-state index in [0.717, 1.165) is 12.1 Å². The molecule has 0 aromatic heterocycles. The number of hydrogen-bond acceptors (Lipinski definition) is 6. The zero-order valence-corrected chi connectivity index (χ0v) is 15.9. The molecule has 0 fully saturated rings. The Morgan fingerprint density at radius 1 is 1.11 bits per heavy atom. The standard InChI is InChI=1S/C16H20F3NO6S/c1-10(21)13(20-14(22)25-15(2,3)4)9-11-5-7-12(8-6-11)26-27(23,24)16(17,18)19/h5-8,13H,9H2,1-4H3,(H,20,22). The summed E-state index contributed by atoms with van der Waals surface area (Å²) in [6.45, 7) is 6.23. The highest BCUT2D eigenvalue weighted by Crippen LogP contribution is 2.27. The molecule has 0 saturated heterocycles. The molecule has 0 aliphatic heterocycles. The van der Waals surface area contributed by atoms with E-state index in [0.29, 0.717) is 5.56 Å². The smallest absolute Gasteiger partial charge is 0.444 e. The summed E-state index contributed by atoms with van der Waals surface area (Å²) >= 11 is 0. The van der Waals surface area contributed by atoms with E-state index in [4.69, 9.17) is 4.74 Å². The van der Waals surface area contributed by atoms with Crippen molar-refractivity contribution in [1.82, 2.24) is 5.32 Å². The van der Waals surface area contributed by atoms with Gasteiger partial charge in [-0.05, 0) is 51.8 Å². The number of carbonyl (C=O) groups excluding carboxylic acids is 2. The van der Waals surface area contributed by atoms with Crippen molar-refractivity contribution < 1.29 is 40.1 Å². The predicted molar refractivity (Wildman–Crippen MR) is 89.6 cm³/mol. The van der Waals surface area contributed by atoms with Gasteiger partial charge < -0.3 is 14.2 Å². The number of Topliss-reactive ketones (excluding diaryl/α,β-unsaturated/α-hetero) is 1. The summed E-state index contributed by atoms with van der Waals surface area (Å²) in [6.07, 6.45) is -0.764. The fourth-order valence-electron chi connectivity index (χ4n) is 1.84. The van der Waals surface area contributed by atoms with Gasteiger partial charge in [-0.1, -0.05) is 12.1 Å². The maximum Gasteiger partial charge on any atom is 0.534 e. The van der Waals surface area contributed by atoms with Crippen LogP contribution < -0.4 is 9.50 Å². The molecule has 1 N–H and O–H groups in total. The topological polar surface area (TPSA) is 98.8 Å². The van der Waals surface area contributed by atoms with Crippen molar-refractivity contribution in [3.05, 3.63) is 29.8 Å². The number of halogens is 3. The van der Waals surface area contributed by atoms with Crippen LogP contribution in [0.2, 0.25) is 0 Å². The van der Waals surface area contributed by atoms with E-state index in [2.05, 4.69) is 9.50 Å². The highest BCUT2D eigenvalue weighted by Gasteiger charge is 2.48. The Bertz CT molecular complexity index is 782. The fraction of sp³-hybridized carbons (Fsp3) is 0.500. The normalized spacial score (nSPS) is 13.6. The van der Waals surface area contributed by atoms with Crippen LogP contribution in [0.25, 0.3) is 0 Å². The highest BCUT2D eigenvalue weighted by atomic mass is 32.2. The number of alkyl carbamates (subject to hydrolysis) is 1. The average Bonchev–Trinajstić information content (AvgIpc) is 2.45. The van der Waals surface area contributed by atoms with Crippen LogP contribution in [0.4, 0.5) is 18.0 Å². The summed E-state index contributed by atoms with van der Waals surface area (Å²) in [5.41, 5.74) is -5.83. The maximum atomic E-state index is 12.3. The van der Waals surface area contributed by atoms with E-state index < -0.39 is 39.1 Å². The van der Waals surface area contributed by atoms with Crippen LogP contribution >= 0.6 is 0 Å². The number of rotatable bonds is 6. The lowest BCUT2D eigenvalue weighted by Crippen LogP contribution is -2.43. The van der Waals surface area contributed by atoms with Crippen molar-refractivity contribution in [2.45, 2.75) is 51.3 Å². The van der Waals surface area contributed by atoms with E-state index >= 15 is 0 Å². The Morgan fingerprint density at radius 2 is 1.63 bits per heavy atom. The Hall–Kier alpha value is -2.30. The molecule has 1 unspecified atom stereocenters. The van der Waals surface area contributed by atoms with Crippen LogP contribution in [0, 0.1) is 0 Å². The monoisotopic (exact) mass is 411 g/mol. The third kappa shape index (κ3) is 7.45. The van der Waals surface area contributed by atoms with Crippen molar-refractivity contribution in [3.8, 4) is 5.75 Å². The minimum atomic E-state index is -5.76. The molecule has 0 aliphatic carbocycles. The summed E-state index contributed by atoms with van der Waals surface area (Å²) < 4.78 is 67.8. The van der Waals surface area contributed by atoms with E-state index in [1.165, 1.54) is 19.1 Å². The molecule has 0 spiro atoms. The highest BCUT2D eigenvalue weighted by molar-refractivity contribution is 7.88. The third-order valence-corrected chi connectivity index (χ3v) is 4.01. The predicted octanol–water partition coefficient (Wildman–Crippen LogP) is 2.94. The SMILES string of the molecule is CC(=O)C(Cc1ccc(OS(=O)(=O)C(F)(F)F)cc1)NC(=O)OC(C)(C)C. The first-order valence-corrected chi connectivity index (χ1v) is 9.11. The summed E-state index contributed by atoms with van der Waals surface area (Å²) in [7, 11) is -5.76. The van der Waals surface area contributed by atoms with Crippen molar-refractivity contribution in [2.75, 3.05) is 0 Å². The van der Waals surface area contributed by atoms with E-state index in [1.807, 2.05) is 0 Å². The van der Waals surface area contributed by atoms with Gasteiger partial charge in [0.25, 0.3) is 0 Å². The van der Waals surface area contributed by atoms with Crippen LogP contribution in [-0.4, -0.2) is 37.4 Å². The Balaban J connectivity index is 2.82.